The van der Waals surface area contributed by atoms with Crippen molar-refractivity contribution in [2.75, 3.05) is 20.8 Å². The number of benzene rings is 2. The summed E-state index contributed by atoms with van der Waals surface area (Å²) in [6.07, 6.45) is -0.493. The van der Waals surface area contributed by atoms with Gasteiger partial charge in [-0.15, -0.1) is 0 Å². The maximum atomic E-state index is 13.1. The van der Waals surface area contributed by atoms with Gasteiger partial charge in [0.05, 0.1) is 12.0 Å². The average molecular weight is 467 g/mol. The largest absolute Gasteiger partial charge is 0.481 e. The van der Waals surface area contributed by atoms with Crippen LogP contribution in [0.15, 0.2) is 48.5 Å². The maximum Gasteiger partial charge on any atom is 0.407 e. The number of ether oxygens (including phenoxy) is 2. The third-order valence-corrected chi connectivity index (χ3v) is 7.08. The highest BCUT2D eigenvalue weighted by Crippen LogP contribution is 2.44. The quantitative estimate of drug-likeness (QED) is 0.619. The highest BCUT2D eigenvalue weighted by atomic mass is 16.5. The van der Waals surface area contributed by atoms with Crippen molar-refractivity contribution in [1.29, 1.82) is 0 Å². The Kier molecular flexibility index (Phi) is 6.88. The molecule has 0 radical (unpaired) electrons. The molecule has 8 nitrogen and oxygen atoms in total. The van der Waals surface area contributed by atoms with E-state index in [2.05, 4.69) is 17.4 Å². The molecule has 2 N–H and O–H groups in total. The number of hydrogen-bond donors (Lipinski definition) is 2. The zero-order valence-corrected chi connectivity index (χ0v) is 19.6. The maximum absolute atomic E-state index is 13.1. The van der Waals surface area contributed by atoms with Crippen LogP contribution in [0.2, 0.25) is 0 Å². The molecule has 2 unspecified atom stereocenters. The summed E-state index contributed by atoms with van der Waals surface area (Å²) in [7, 11) is 3.09. The van der Waals surface area contributed by atoms with E-state index < -0.39 is 30.1 Å². The molecule has 180 valence electrons. The summed E-state index contributed by atoms with van der Waals surface area (Å²) in [5, 5.41) is 11.8. The summed E-state index contributed by atoms with van der Waals surface area (Å²) in [4.78, 5) is 38.4. The third kappa shape index (κ3) is 4.50. The number of nitrogens with zero attached hydrogens (tertiary/aromatic N) is 1. The van der Waals surface area contributed by atoms with Gasteiger partial charge < -0.3 is 24.8 Å². The first-order chi connectivity index (χ1) is 16.3. The van der Waals surface area contributed by atoms with Crippen molar-refractivity contribution in [1.82, 2.24) is 10.2 Å². The molecule has 2 atom stereocenters. The molecule has 0 aliphatic heterocycles. The lowest BCUT2D eigenvalue weighted by molar-refractivity contribution is -0.151. The Bertz CT molecular complexity index is 1030. The molecule has 8 heteroatoms. The van der Waals surface area contributed by atoms with E-state index in [4.69, 9.17) is 14.6 Å². The van der Waals surface area contributed by atoms with Crippen molar-refractivity contribution in [2.24, 2.45) is 5.92 Å². The van der Waals surface area contributed by atoms with Gasteiger partial charge in [0.1, 0.15) is 12.6 Å². The summed E-state index contributed by atoms with van der Waals surface area (Å²) >= 11 is 0. The number of methoxy groups -OCH3 is 1. The molecule has 0 aromatic heterocycles. The number of nitrogens with one attached hydrogen (secondary N) is 1. The number of carboxylic acid groups (broad SMARTS) is 1. The first kappa shape index (κ1) is 23.8. The summed E-state index contributed by atoms with van der Waals surface area (Å²) in [5.41, 5.74) is 4.48. The predicted octanol–water partition coefficient (Wildman–Crippen LogP) is 3.25. The van der Waals surface area contributed by atoms with Gasteiger partial charge in [0.2, 0.25) is 5.91 Å². The second-order valence-electron chi connectivity index (χ2n) is 9.00. The Labute approximate surface area is 198 Å². The number of likely N-dealkylation sites (N-methyl/N-ethyl adjacent to an activating group) is 1. The number of amides is 2. The lowest BCUT2D eigenvalue weighted by Crippen LogP contribution is -2.57. The van der Waals surface area contributed by atoms with E-state index in [1.165, 1.54) is 12.0 Å². The Morgan fingerprint density at radius 1 is 1.06 bits per heavy atom. The SMILES string of the molecule is COC(C)C(NC(=O)OCC1c2ccccc2-c2ccccc21)C(=O)N(C)C1CC(C(=O)O)C1. The molecule has 0 heterocycles. The Balaban J connectivity index is 1.40. The van der Waals surface area contributed by atoms with Crippen LogP contribution in [0, 0.1) is 5.92 Å². The van der Waals surface area contributed by atoms with Crippen LogP contribution in [0.1, 0.15) is 36.8 Å². The Morgan fingerprint density at radius 2 is 1.62 bits per heavy atom. The van der Waals surface area contributed by atoms with Crippen LogP contribution < -0.4 is 5.32 Å². The second kappa shape index (κ2) is 9.85. The van der Waals surface area contributed by atoms with E-state index in [0.29, 0.717) is 12.8 Å². The zero-order chi connectivity index (χ0) is 24.4. The minimum absolute atomic E-state index is 0.0854. The van der Waals surface area contributed by atoms with E-state index in [1.807, 2.05) is 36.4 Å². The second-order valence-corrected chi connectivity index (χ2v) is 9.00. The molecule has 0 spiro atoms. The summed E-state index contributed by atoms with van der Waals surface area (Å²) < 4.78 is 10.9. The van der Waals surface area contributed by atoms with Gasteiger partial charge in [-0.25, -0.2) is 4.79 Å². The van der Waals surface area contributed by atoms with Crippen LogP contribution in [0.25, 0.3) is 11.1 Å². The van der Waals surface area contributed by atoms with Gasteiger partial charge in [-0.3, -0.25) is 9.59 Å². The molecule has 0 bridgehead atoms. The van der Waals surface area contributed by atoms with E-state index in [0.717, 1.165) is 22.3 Å². The molecular formula is C26H30N2O6. The fourth-order valence-electron chi connectivity index (χ4n) is 4.79. The van der Waals surface area contributed by atoms with Crippen LogP contribution in [-0.4, -0.2) is 66.9 Å². The van der Waals surface area contributed by atoms with E-state index >= 15 is 0 Å². The van der Waals surface area contributed by atoms with Crippen LogP contribution >= 0.6 is 0 Å². The van der Waals surface area contributed by atoms with E-state index in [9.17, 15) is 14.4 Å². The number of carbonyl (C=O) groups excluding carboxylic acids is 2. The molecule has 0 saturated heterocycles. The standard InChI is InChI=1S/C26H30N2O6/c1-15(33-3)23(24(29)28(2)17-12-16(13-17)25(30)31)27-26(32)34-14-22-20-10-6-4-8-18(20)19-9-5-7-11-21(19)22/h4-11,15-17,22-23H,12-14H2,1-3H3,(H,27,32)(H,30,31). The van der Waals surface area contributed by atoms with E-state index in [1.54, 1.807) is 14.0 Å². The fourth-order valence-corrected chi connectivity index (χ4v) is 4.79. The van der Waals surface area contributed by atoms with Gasteiger partial charge in [0.15, 0.2) is 0 Å². The van der Waals surface area contributed by atoms with Gasteiger partial charge in [-0.1, -0.05) is 48.5 Å². The molecule has 2 aromatic rings. The van der Waals surface area contributed by atoms with Crippen molar-refractivity contribution in [3.05, 3.63) is 59.7 Å². The highest BCUT2D eigenvalue weighted by molar-refractivity contribution is 5.87. The van der Waals surface area contributed by atoms with Crippen molar-refractivity contribution >= 4 is 18.0 Å². The summed E-state index contributed by atoms with van der Waals surface area (Å²) in [6, 6.07) is 15.0. The van der Waals surface area contributed by atoms with Crippen LogP contribution in [-0.2, 0) is 19.1 Å². The highest BCUT2D eigenvalue weighted by Gasteiger charge is 2.41. The number of alkyl carbamates (subject to hydrolysis) is 1. The average Bonchev–Trinajstić information content (AvgIpc) is 3.12. The molecule has 2 aromatic carbocycles. The molecule has 2 amide bonds. The topological polar surface area (TPSA) is 105 Å². The van der Waals surface area contributed by atoms with Crippen molar-refractivity contribution in [3.8, 4) is 11.1 Å². The number of carboxylic acids is 1. The number of rotatable bonds is 8. The van der Waals surface area contributed by atoms with Gasteiger partial charge in [-0.2, -0.15) is 0 Å². The minimum atomic E-state index is -0.950. The molecule has 2 aliphatic carbocycles. The Morgan fingerprint density at radius 3 is 2.15 bits per heavy atom. The van der Waals surface area contributed by atoms with Crippen LogP contribution in [0.5, 0.6) is 0 Å². The molecular weight excluding hydrogens is 436 g/mol. The third-order valence-electron chi connectivity index (χ3n) is 7.08. The lowest BCUT2D eigenvalue weighted by Gasteiger charge is -2.41. The minimum Gasteiger partial charge on any atom is -0.481 e. The summed E-state index contributed by atoms with van der Waals surface area (Å²) in [6.45, 7) is 1.84. The molecule has 1 fully saturated rings. The predicted molar refractivity (Wildman–Crippen MR) is 125 cm³/mol. The molecule has 4 rings (SSSR count). The number of carbonyl (C=O) groups is 3. The number of fused-ring (bicyclic) bond motifs is 3. The van der Waals surface area contributed by atoms with E-state index in [-0.39, 0.29) is 24.5 Å². The molecule has 34 heavy (non-hydrogen) atoms. The first-order valence-electron chi connectivity index (χ1n) is 11.5. The van der Waals surface area contributed by atoms with Crippen molar-refractivity contribution in [2.45, 2.75) is 43.9 Å². The van der Waals surface area contributed by atoms with Gasteiger partial charge in [0.25, 0.3) is 0 Å². The monoisotopic (exact) mass is 466 g/mol. The van der Waals surface area contributed by atoms with Crippen LogP contribution in [0.4, 0.5) is 4.79 Å². The van der Waals surface area contributed by atoms with Gasteiger partial charge >= 0.3 is 12.1 Å². The summed E-state index contributed by atoms with van der Waals surface area (Å²) in [5.74, 6) is -1.71. The van der Waals surface area contributed by atoms with Gasteiger partial charge in [0, 0.05) is 26.1 Å². The number of aliphatic carboxylic acids is 1. The Hall–Kier alpha value is -3.39. The zero-order valence-electron chi connectivity index (χ0n) is 19.6. The fraction of sp³-hybridized carbons (Fsp3) is 0.423. The lowest BCUT2D eigenvalue weighted by atomic mass is 9.79. The van der Waals surface area contributed by atoms with Crippen LogP contribution in [0.3, 0.4) is 0 Å². The van der Waals surface area contributed by atoms with Crippen molar-refractivity contribution < 1.29 is 29.0 Å². The van der Waals surface area contributed by atoms with Gasteiger partial charge in [-0.05, 0) is 42.0 Å². The number of hydrogen-bond acceptors (Lipinski definition) is 5. The first-order valence-corrected chi connectivity index (χ1v) is 11.5. The molecule has 1 saturated carbocycles. The molecule has 2 aliphatic rings. The van der Waals surface area contributed by atoms with Crippen molar-refractivity contribution in [3.63, 3.8) is 0 Å². The normalized spacial score (nSPS) is 20.3. The smallest absolute Gasteiger partial charge is 0.407 e.